The van der Waals surface area contributed by atoms with Gasteiger partial charge in [-0.25, -0.2) is 0 Å². The lowest BCUT2D eigenvalue weighted by Crippen LogP contribution is -2.40. The second-order valence-electron chi connectivity index (χ2n) is 4.74. The standard InChI is InChI=1S/C15H22N2O/c1-4-17-15(3,12-16)10-5-11-18-14-8-6-13(2)7-9-14/h6-9,17H,4-5,10-11H2,1-3H3. The van der Waals surface area contributed by atoms with E-state index < -0.39 is 5.54 Å². The number of nitriles is 1. The third-order valence-electron chi connectivity index (χ3n) is 2.92. The largest absolute Gasteiger partial charge is 0.494 e. The van der Waals surface area contributed by atoms with Gasteiger partial charge in [0.25, 0.3) is 0 Å². The molecule has 0 bridgehead atoms. The van der Waals surface area contributed by atoms with Crippen molar-refractivity contribution >= 4 is 0 Å². The Balaban J connectivity index is 2.30. The van der Waals surface area contributed by atoms with E-state index in [1.807, 2.05) is 38.1 Å². The minimum absolute atomic E-state index is 0.439. The van der Waals surface area contributed by atoms with Gasteiger partial charge in [0.1, 0.15) is 11.3 Å². The van der Waals surface area contributed by atoms with Crippen LogP contribution in [0.5, 0.6) is 5.75 Å². The number of hydrogen-bond donors (Lipinski definition) is 1. The highest BCUT2D eigenvalue weighted by Gasteiger charge is 2.21. The predicted molar refractivity (Wildman–Crippen MR) is 73.6 cm³/mol. The minimum Gasteiger partial charge on any atom is -0.494 e. The van der Waals surface area contributed by atoms with Gasteiger partial charge in [0, 0.05) is 0 Å². The van der Waals surface area contributed by atoms with Gasteiger partial charge in [-0.2, -0.15) is 5.26 Å². The van der Waals surface area contributed by atoms with Gasteiger partial charge in [-0.1, -0.05) is 24.6 Å². The number of rotatable bonds is 7. The molecule has 0 aromatic heterocycles. The predicted octanol–water partition coefficient (Wildman–Crippen LogP) is 3.05. The Morgan fingerprint density at radius 1 is 1.33 bits per heavy atom. The van der Waals surface area contributed by atoms with E-state index in [0.717, 1.165) is 25.1 Å². The molecule has 1 atom stereocenters. The fourth-order valence-electron chi connectivity index (χ4n) is 1.82. The summed E-state index contributed by atoms with van der Waals surface area (Å²) in [5.41, 5.74) is 0.789. The van der Waals surface area contributed by atoms with Crippen molar-refractivity contribution in [2.24, 2.45) is 0 Å². The van der Waals surface area contributed by atoms with Crippen LogP contribution in [0.25, 0.3) is 0 Å². The maximum Gasteiger partial charge on any atom is 0.119 e. The van der Waals surface area contributed by atoms with Gasteiger partial charge < -0.3 is 4.74 Å². The molecular formula is C15H22N2O. The van der Waals surface area contributed by atoms with Crippen LogP contribution in [0.1, 0.15) is 32.3 Å². The molecule has 1 aromatic carbocycles. The molecular weight excluding hydrogens is 224 g/mol. The minimum atomic E-state index is -0.439. The fraction of sp³-hybridized carbons (Fsp3) is 0.533. The average Bonchev–Trinajstić information content (AvgIpc) is 2.37. The summed E-state index contributed by atoms with van der Waals surface area (Å²) < 4.78 is 5.64. The van der Waals surface area contributed by atoms with E-state index in [9.17, 15) is 0 Å². The Hall–Kier alpha value is -1.53. The Morgan fingerprint density at radius 2 is 2.00 bits per heavy atom. The van der Waals surface area contributed by atoms with Gasteiger partial charge in [-0.15, -0.1) is 0 Å². The van der Waals surface area contributed by atoms with Crippen molar-refractivity contribution in [2.45, 2.75) is 39.2 Å². The molecule has 1 rings (SSSR count). The number of aryl methyl sites for hydroxylation is 1. The molecule has 0 heterocycles. The SMILES string of the molecule is CCNC(C)(C#N)CCCOc1ccc(C)cc1. The summed E-state index contributed by atoms with van der Waals surface area (Å²) in [6.45, 7) is 7.45. The van der Waals surface area contributed by atoms with Crippen LogP contribution in [0, 0.1) is 18.3 Å². The third kappa shape index (κ3) is 4.77. The molecule has 3 heteroatoms. The van der Waals surface area contributed by atoms with Crippen LogP contribution in [-0.4, -0.2) is 18.7 Å². The number of hydrogen-bond acceptors (Lipinski definition) is 3. The normalized spacial score (nSPS) is 13.7. The molecule has 0 saturated carbocycles. The van der Waals surface area contributed by atoms with Crippen molar-refractivity contribution in [3.63, 3.8) is 0 Å². The second kappa shape index (κ2) is 7.03. The topological polar surface area (TPSA) is 45.0 Å². The lowest BCUT2D eigenvalue weighted by molar-refractivity contribution is 0.286. The summed E-state index contributed by atoms with van der Waals surface area (Å²) in [7, 11) is 0. The van der Waals surface area contributed by atoms with Gasteiger partial charge in [0.05, 0.1) is 12.7 Å². The van der Waals surface area contributed by atoms with Crippen molar-refractivity contribution < 1.29 is 4.74 Å². The summed E-state index contributed by atoms with van der Waals surface area (Å²) in [6, 6.07) is 10.3. The lowest BCUT2D eigenvalue weighted by Gasteiger charge is -2.22. The van der Waals surface area contributed by atoms with Crippen LogP contribution in [0.2, 0.25) is 0 Å². The van der Waals surface area contributed by atoms with Crippen LogP contribution in [0.3, 0.4) is 0 Å². The Bertz CT molecular complexity index is 394. The van der Waals surface area contributed by atoms with Crippen molar-refractivity contribution in [3.8, 4) is 11.8 Å². The van der Waals surface area contributed by atoms with E-state index in [1.54, 1.807) is 0 Å². The molecule has 1 N–H and O–H groups in total. The maximum absolute atomic E-state index is 9.11. The van der Waals surface area contributed by atoms with E-state index in [1.165, 1.54) is 5.56 Å². The van der Waals surface area contributed by atoms with Gasteiger partial charge in [-0.3, -0.25) is 5.32 Å². The molecule has 1 aromatic rings. The van der Waals surface area contributed by atoms with E-state index in [2.05, 4.69) is 18.3 Å². The monoisotopic (exact) mass is 246 g/mol. The van der Waals surface area contributed by atoms with Crippen LogP contribution in [0.4, 0.5) is 0 Å². The van der Waals surface area contributed by atoms with E-state index in [0.29, 0.717) is 6.61 Å². The van der Waals surface area contributed by atoms with Crippen LogP contribution in [-0.2, 0) is 0 Å². The third-order valence-corrected chi connectivity index (χ3v) is 2.92. The first-order valence-electron chi connectivity index (χ1n) is 6.45. The molecule has 1 unspecified atom stereocenters. The Labute approximate surface area is 110 Å². The fourth-order valence-corrected chi connectivity index (χ4v) is 1.82. The molecule has 0 aliphatic heterocycles. The smallest absolute Gasteiger partial charge is 0.119 e. The molecule has 0 spiro atoms. The van der Waals surface area contributed by atoms with Crippen molar-refractivity contribution in [1.82, 2.24) is 5.32 Å². The molecule has 0 radical (unpaired) electrons. The molecule has 0 amide bonds. The van der Waals surface area contributed by atoms with E-state index in [-0.39, 0.29) is 0 Å². The highest BCUT2D eigenvalue weighted by molar-refractivity contribution is 5.26. The first-order valence-corrected chi connectivity index (χ1v) is 6.45. The molecule has 18 heavy (non-hydrogen) atoms. The highest BCUT2D eigenvalue weighted by atomic mass is 16.5. The molecule has 0 saturated heterocycles. The summed E-state index contributed by atoms with van der Waals surface area (Å²) in [5, 5.41) is 12.3. The van der Waals surface area contributed by atoms with Crippen molar-refractivity contribution in [3.05, 3.63) is 29.8 Å². The average molecular weight is 246 g/mol. The highest BCUT2D eigenvalue weighted by Crippen LogP contribution is 2.14. The zero-order valence-electron chi connectivity index (χ0n) is 11.5. The quantitative estimate of drug-likeness (QED) is 0.752. The van der Waals surface area contributed by atoms with Crippen LogP contribution in [0.15, 0.2) is 24.3 Å². The zero-order chi connectivity index (χ0) is 13.4. The zero-order valence-corrected chi connectivity index (χ0v) is 11.5. The van der Waals surface area contributed by atoms with Gasteiger partial charge >= 0.3 is 0 Å². The van der Waals surface area contributed by atoms with Crippen molar-refractivity contribution in [2.75, 3.05) is 13.2 Å². The molecule has 0 fully saturated rings. The molecule has 0 aliphatic carbocycles. The van der Waals surface area contributed by atoms with Gasteiger partial charge in [-0.05, 0) is 45.4 Å². The summed E-state index contributed by atoms with van der Waals surface area (Å²) in [6.07, 6.45) is 1.66. The first-order chi connectivity index (χ1) is 8.59. The summed E-state index contributed by atoms with van der Waals surface area (Å²) >= 11 is 0. The first kappa shape index (κ1) is 14.5. The Morgan fingerprint density at radius 3 is 2.56 bits per heavy atom. The van der Waals surface area contributed by atoms with E-state index in [4.69, 9.17) is 10.00 Å². The lowest BCUT2D eigenvalue weighted by atomic mass is 9.98. The Kier molecular flexibility index (Phi) is 5.67. The van der Waals surface area contributed by atoms with Crippen LogP contribution >= 0.6 is 0 Å². The number of nitrogens with zero attached hydrogens (tertiary/aromatic N) is 1. The molecule has 3 nitrogen and oxygen atoms in total. The van der Waals surface area contributed by atoms with E-state index >= 15 is 0 Å². The van der Waals surface area contributed by atoms with Crippen molar-refractivity contribution in [1.29, 1.82) is 5.26 Å². The van der Waals surface area contributed by atoms with Gasteiger partial charge in [0.2, 0.25) is 0 Å². The summed E-state index contributed by atoms with van der Waals surface area (Å²) in [5.74, 6) is 0.891. The van der Waals surface area contributed by atoms with Gasteiger partial charge in [0.15, 0.2) is 0 Å². The number of benzene rings is 1. The second-order valence-corrected chi connectivity index (χ2v) is 4.74. The van der Waals surface area contributed by atoms with Crippen LogP contribution < -0.4 is 10.1 Å². The number of nitrogens with one attached hydrogen (secondary N) is 1. The number of ether oxygens (including phenoxy) is 1. The molecule has 98 valence electrons. The maximum atomic E-state index is 9.11. The summed E-state index contributed by atoms with van der Waals surface area (Å²) in [4.78, 5) is 0. The molecule has 0 aliphatic rings.